The van der Waals surface area contributed by atoms with E-state index in [2.05, 4.69) is 0 Å². The second kappa shape index (κ2) is 9.69. The van der Waals surface area contributed by atoms with Crippen molar-refractivity contribution in [3.63, 3.8) is 0 Å². The molecule has 0 aromatic carbocycles. The van der Waals surface area contributed by atoms with Gasteiger partial charge in [0.15, 0.2) is 0 Å². The third-order valence-electron chi connectivity index (χ3n) is 3.37. The summed E-state index contributed by atoms with van der Waals surface area (Å²) < 4.78 is 26.5. The molecule has 136 valence electrons. The first-order valence-corrected chi connectivity index (χ1v) is 12.0. The average molecular weight is 368 g/mol. The second-order valence-corrected chi connectivity index (χ2v) is 11.3. The van der Waals surface area contributed by atoms with Gasteiger partial charge in [-0.1, -0.05) is 20.8 Å². The first-order valence-electron chi connectivity index (χ1n) is 7.52. The molecule has 0 saturated heterocycles. The van der Waals surface area contributed by atoms with Gasteiger partial charge in [-0.25, -0.2) is 9.37 Å². The first-order chi connectivity index (χ1) is 10.4. The number of hydrogen-bond donors (Lipinski definition) is 0. The van der Waals surface area contributed by atoms with Gasteiger partial charge in [0.2, 0.25) is 9.04 Å². The van der Waals surface area contributed by atoms with Crippen molar-refractivity contribution in [2.24, 2.45) is 11.3 Å². The van der Waals surface area contributed by atoms with Crippen LogP contribution in [0.4, 0.5) is 0 Å². The van der Waals surface area contributed by atoms with E-state index in [0.29, 0.717) is 0 Å². The third kappa shape index (κ3) is 9.37. The number of rotatable bonds is 10. The van der Waals surface area contributed by atoms with Crippen LogP contribution < -0.4 is 0 Å². The topological polar surface area (TPSA) is 88.1 Å². The second-order valence-electron chi connectivity index (χ2n) is 6.74. The Morgan fingerprint density at radius 3 is 2.00 bits per heavy atom. The number of Topliss-reactive ketones (excluding diaryl/α,β-unsaturated/α-hetero) is 1. The summed E-state index contributed by atoms with van der Waals surface area (Å²) in [5.41, 5.74) is -0.298. The molecule has 0 fully saturated rings. The minimum atomic E-state index is -3.39. The highest BCUT2D eigenvalue weighted by atomic mass is 31.2. The smallest absolute Gasteiger partial charge is 0.312 e. The summed E-state index contributed by atoms with van der Waals surface area (Å²) >= 11 is 0. The van der Waals surface area contributed by atoms with Gasteiger partial charge in [-0.3, -0.25) is 9.36 Å². The maximum atomic E-state index is 12.2. The highest BCUT2D eigenvalue weighted by molar-refractivity contribution is 7.54. The lowest BCUT2D eigenvalue weighted by Gasteiger charge is -2.29. The van der Waals surface area contributed by atoms with Crippen LogP contribution in [0.15, 0.2) is 0 Å². The molecule has 0 aliphatic rings. The molecule has 0 aliphatic heterocycles. The highest BCUT2D eigenvalue weighted by Gasteiger charge is 2.33. The molecule has 0 aliphatic carbocycles. The quantitative estimate of drug-likeness (QED) is 0.253. The number of hydrogen-bond acceptors (Lipinski definition) is 7. The minimum Gasteiger partial charge on any atom is -0.312 e. The van der Waals surface area contributed by atoms with Crippen LogP contribution in [0.3, 0.4) is 0 Å². The average Bonchev–Trinajstić information content (AvgIpc) is 2.43. The third-order valence-corrected chi connectivity index (χ3v) is 5.71. The van der Waals surface area contributed by atoms with Crippen LogP contribution in [-0.2, 0) is 32.7 Å². The maximum absolute atomic E-state index is 12.2. The van der Waals surface area contributed by atoms with Crippen molar-refractivity contribution in [1.29, 1.82) is 0 Å². The SMILES string of the molecule is COP(=O)(CC(=O)CC(CC(=O)OO[SiH](C)C)C(C)(C)C)OC. The Hall–Kier alpha value is -0.533. The Bertz CT molecular complexity index is 437. The molecule has 0 bridgehead atoms. The Morgan fingerprint density at radius 2 is 1.61 bits per heavy atom. The van der Waals surface area contributed by atoms with Crippen molar-refractivity contribution < 1.29 is 32.7 Å². The van der Waals surface area contributed by atoms with Gasteiger partial charge in [0.1, 0.15) is 11.9 Å². The molecule has 23 heavy (non-hydrogen) atoms. The van der Waals surface area contributed by atoms with E-state index < -0.39 is 22.6 Å². The normalized spacial score (nSPS) is 13.9. The highest BCUT2D eigenvalue weighted by Crippen LogP contribution is 2.47. The van der Waals surface area contributed by atoms with E-state index in [4.69, 9.17) is 18.5 Å². The van der Waals surface area contributed by atoms with Gasteiger partial charge in [-0.2, -0.15) is 0 Å². The maximum Gasteiger partial charge on any atom is 0.341 e. The van der Waals surface area contributed by atoms with Crippen molar-refractivity contribution in [2.75, 3.05) is 20.4 Å². The molecular weight excluding hydrogens is 339 g/mol. The van der Waals surface area contributed by atoms with Crippen molar-refractivity contribution in [3.8, 4) is 0 Å². The summed E-state index contributed by atoms with van der Waals surface area (Å²) in [6, 6.07) is 0. The Labute approximate surface area is 140 Å². The van der Waals surface area contributed by atoms with Crippen molar-refractivity contribution in [3.05, 3.63) is 0 Å². The van der Waals surface area contributed by atoms with E-state index in [-0.39, 0.29) is 36.1 Å². The first kappa shape index (κ1) is 22.5. The fourth-order valence-corrected chi connectivity index (χ4v) is 3.10. The largest absolute Gasteiger partial charge is 0.341 e. The molecular formula is C14H29O7PSi. The van der Waals surface area contributed by atoms with Crippen LogP contribution >= 0.6 is 7.60 Å². The minimum absolute atomic E-state index is 0.0562. The van der Waals surface area contributed by atoms with Gasteiger partial charge < -0.3 is 13.9 Å². The van der Waals surface area contributed by atoms with Gasteiger partial charge in [0.05, 0.1) is 6.42 Å². The van der Waals surface area contributed by atoms with E-state index in [0.717, 1.165) is 0 Å². The van der Waals surface area contributed by atoms with Crippen LogP contribution in [0, 0.1) is 11.3 Å². The molecule has 0 amide bonds. The standard InChI is InChI=1S/C14H29O7PSi/c1-14(2,3)11(9-13(16)20-21-23(6)7)8-12(15)10-22(17,18-4)19-5/h11,23H,8-10H2,1-7H3. The van der Waals surface area contributed by atoms with E-state index in [9.17, 15) is 14.2 Å². The molecule has 0 spiro atoms. The molecule has 0 saturated carbocycles. The van der Waals surface area contributed by atoms with Gasteiger partial charge >= 0.3 is 13.6 Å². The van der Waals surface area contributed by atoms with Gasteiger partial charge in [-0.15, -0.1) is 0 Å². The summed E-state index contributed by atoms with van der Waals surface area (Å²) in [4.78, 5) is 28.8. The summed E-state index contributed by atoms with van der Waals surface area (Å²) in [7, 11) is -2.37. The molecule has 0 rings (SSSR count). The van der Waals surface area contributed by atoms with Gasteiger partial charge in [0.25, 0.3) is 0 Å². The fourth-order valence-electron chi connectivity index (χ4n) is 1.83. The summed E-state index contributed by atoms with van der Waals surface area (Å²) in [6.45, 7) is 9.56. The van der Waals surface area contributed by atoms with Crippen molar-refractivity contribution >= 4 is 28.4 Å². The zero-order valence-electron chi connectivity index (χ0n) is 15.1. The van der Waals surface area contributed by atoms with E-state index in [1.165, 1.54) is 14.2 Å². The monoisotopic (exact) mass is 368 g/mol. The Morgan fingerprint density at radius 1 is 1.09 bits per heavy atom. The molecule has 0 radical (unpaired) electrons. The number of carbonyl (C=O) groups is 2. The van der Waals surface area contributed by atoms with Crippen molar-refractivity contribution in [2.45, 2.75) is 46.7 Å². The molecule has 0 heterocycles. The van der Waals surface area contributed by atoms with Crippen LogP contribution in [0.1, 0.15) is 33.6 Å². The predicted octanol–water partition coefficient (Wildman–Crippen LogP) is 2.94. The van der Waals surface area contributed by atoms with Gasteiger partial charge in [0, 0.05) is 20.6 Å². The summed E-state index contributed by atoms with van der Waals surface area (Å²) in [5.74, 6) is -1.04. The number of ketones is 1. The summed E-state index contributed by atoms with van der Waals surface area (Å²) in [5, 5.41) is 0. The lowest BCUT2D eigenvalue weighted by molar-refractivity contribution is -0.218. The molecule has 1 atom stereocenters. The molecule has 1 unspecified atom stereocenters. The Kier molecular flexibility index (Phi) is 9.46. The van der Waals surface area contributed by atoms with Crippen LogP contribution in [-0.4, -0.2) is 41.2 Å². The van der Waals surface area contributed by atoms with E-state index >= 15 is 0 Å². The van der Waals surface area contributed by atoms with Crippen molar-refractivity contribution in [1.82, 2.24) is 0 Å². The van der Waals surface area contributed by atoms with Crippen LogP contribution in [0.5, 0.6) is 0 Å². The zero-order chi connectivity index (χ0) is 18.3. The lowest BCUT2D eigenvalue weighted by Crippen LogP contribution is -2.28. The van der Waals surface area contributed by atoms with Gasteiger partial charge in [-0.05, 0) is 24.4 Å². The molecule has 0 N–H and O–H groups in total. The Balaban J connectivity index is 4.78. The van der Waals surface area contributed by atoms with E-state index in [1.807, 2.05) is 33.9 Å². The lowest BCUT2D eigenvalue weighted by atomic mass is 9.76. The zero-order valence-corrected chi connectivity index (χ0v) is 17.1. The summed E-state index contributed by atoms with van der Waals surface area (Å²) in [6.07, 6.45) is -0.161. The molecule has 9 heteroatoms. The molecule has 0 aromatic heterocycles. The fraction of sp³-hybridized carbons (Fsp3) is 0.857. The van der Waals surface area contributed by atoms with E-state index in [1.54, 1.807) is 0 Å². The predicted molar refractivity (Wildman–Crippen MR) is 89.7 cm³/mol. The number of carbonyl (C=O) groups excluding carboxylic acids is 2. The van der Waals surface area contributed by atoms with Crippen LogP contribution in [0.2, 0.25) is 13.1 Å². The molecule has 7 nitrogen and oxygen atoms in total. The molecule has 0 aromatic rings. The van der Waals surface area contributed by atoms with Crippen LogP contribution in [0.25, 0.3) is 0 Å².